The third-order valence-corrected chi connectivity index (χ3v) is 8.14. The standard InChI is InChI=1S/C35H35N3O6S/c1-45-30-6-4-5-25(22-30)37-35(42)36-24-11-15-27(16-12-24)44-29-19-17-28(18-20-29)43-26-13-9-23(10-14-26)21-33(39)38-32-8-3-2-7-31(32)34(40)41/h2-10,13-14,17-20,22,24,27H,11-12,15-16,21H2,1H3,(H,38,39)(H,40,41)(H2,36,37,42). The van der Waals surface area contributed by atoms with Gasteiger partial charge in [0.25, 0.3) is 0 Å². The van der Waals surface area contributed by atoms with Crippen LogP contribution in [0.4, 0.5) is 16.2 Å². The average Bonchev–Trinajstić information content (AvgIpc) is 3.04. The van der Waals surface area contributed by atoms with Gasteiger partial charge in [0.2, 0.25) is 5.91 Å². The Balaban J connectivity index is 1.04. The van der Waals surface area contributed by atoms with Crippen molar-refractivity contribution in [2.45, 2.75) is 49.1 Å². The van der Waals surface area contributed by atoms with Gasteiger partial charge in [-0.05, 0) is 104 Å². The van der Waals surface area contributed by atoms with E-state index in [1.54, 1.807) is 54.2 Å². The van der Waals surface area contributed by atoms with E-state index in [-0.39, 0.29) is 41.8 Å². The first-order valence-electron chi connectivity index (χ1n) is 14.7. The molecule has 0 bridgehead atoms. The molecule has 4 aromatic rings. The number of amides is 3. The minimum Gasteiger partial charge on any atom is -0.490 e. The number of carboxylic acids is 1. The molecule has 9 nitrogen and oxygen atoms in total. The highest BCUT2D eigenvalue weighted by atomic mass is 32.2. The first kappa shape index (κ1) is 31.5. The van der Waals surface area contributed by atoms with Gasteiger partial charge in [-0.25, -0.2) is 9.59 Å². The fourth-order valence-electron chi connectivity index (χ4n) is 5.13. The maximum absolute atomic E-state index is 12.5. The van der Waals surface area contributed by atoms with E-state index in [1.165, 1.54) is 6.07 Å². The molecule has 0 unspecified atom stereocenters. The van der Waals surface area contributed by atoms with Crippen molar-refractivity contribution in [3.63, 3.8) is 0 Å². The summed E-state index contributed by atoms with van der Waals surface area (Å²) in [6.45, 7) is 0. The third-order valence-electron chi connectivity index (χ3n) is 7.42. The summed E-state index contributed by atoms with van der Waals surface area (Å²) in [6.07, 6.45) is 5.57. The zero-order valence-corrected chi connectivity index (χ0v) is 25.6. The largest absolute Gasteiger partial charge is 0.490 e. The van der Waals surface area contributed by atoms with Gasteiger partial charge in [0.1, 0.15) is 17.2 Å². The van der Waals surface area contributed by atoms with Crippen molar-refractivity contribution in [3.05, 3.63) is 108 Å². The maximum Gasteiger partial charge on any atom is 0.337 e. The van der Waals surface area contributed by atoms with Gasteiger partial charge >= 0.3 is 12.0 Å². The summed E-state index contributed by atoms with van der Waals surface area (Å²) in [5.74, 6) is 0.627. The van der Waals surface area contributed by atoms with Crippen molar-refractivity contribution in [1.29, 1.82) is 0 Å². The number of carbonyl (C=O) groups excluding carboxylic acids is 2. The van der Waals surface area contributed by atoms with Crippen molar-refractivity contribution in [3.8, 4) is 17.2 Å². The Hall–Kier alpha value is -4.96. The minimum atomic E-state index is -1.10. The number of aromatic carboxylic acids is 1. The second-order valence-electron chi connectivity index (χ2n) is 10.7. The molecule has 0 spiro atoms. The van der Waals surface area contributed by atoms with Gasteiger partial charge in [-0.3, -0.25) is 4.79 Å². The smallest absolute Gasteiger partial charge is 0.337 e. The number of carboxylic acid groups (broad SMARTS) is 1. The van der Waals surface area contributed by atoms with Gasteiger partial charge in [0.15, 0.2) is 0 Å². The molecule has 0 atom stereocenters. The quantitative estimate of drug-likeness (QED) is 0.127. The molecule has 1 aliphatic carbocycles. The van der Waals surface area contributed by atoms with Crippen LogP contribution in [0.1, 0.15) is 41.6 Å². The molecule has 1 fully saturated rings. The van der Waals surface area contributed by atoms with Crippen LogP contribution in [0.25, 0.3) is 0 Å². The zero-order chi connectivity index (χ0) is 31.6. The highest BCUT2D eigenvalue weighted by Crippen LogP contribution is 2.28. The molecule has 5 rings (SSSR count). The third kappa shape index (κ3) is 9.26. The Morgan fingerprint density at radius 2 is 1.47 bits per heavy atom. The Morgan fingerprint density at radius 1 is 0.800 bits per heavy atom. The van der Waals surface area contributed by atoms with Crippen LogP contribution < -0.4 is 25.4 Å². The highest BCUT2D eigenvalue weighted by molar-refractivity contribution is 7.98. The number of hydrogen-bond donors (Lipinski definition) is 4. The molecule has 0 aromatic heterocycles. The van der Waals surface area contributed by atoms with Crippen molar-refractivity contribution in [2.75, 3.05) is 16.9 Å². The van der Waals surface area contributed by atoms with Gasteiger partial charge < -0.3 is 30.5 Å². The average molecular weight is 626 g/mol. The van der Waals surface area contributed by atoms with E-state index in [0.29, 0.717) is 11.5 Å². The number of para-hydroxylation sites is 1. The van der Waals surface area contributed by atoms with Gasteiger partial charge in [0.05, 0.1) is 23.8 Å². The molecule has 4 N–H and O–H groups in total. The summed E-state index contributed by atoms with van der Waals surface area (Å²) < 4.78 is 12.2. The molecule has 0 aliphatic heterocycles. The van der Waals surface area contributed by atoms with E-state index in [2.05, 4.69) is 16.0 Å². The van der Waals surface area contributed by atoms with Gasteiger partial charge in [0, 0.05) is 16.6 Å². The normalized spacial score (nSPS) is 15.8. The first-order valence-corrected chi connectivity index (χ1v) is 15.9. The lowest BCUT2D eigenvalue weighted by molar-refractivity contribution is -0.115. The molecule has 4 aromatic carbocycles. The van der Waals surface area contributed by atoms with E-state index in [4.69, 9.17) is 9.47 Å². The minimum absolute atomic E-state index is 0.0427. The molecule has 10 heteroatoms. The Labute approximate surface area is 266 Å². The van der Waals surface area contributed by atoms with E-state index in [1.807, 2.05) is 54.8 Å². The number of benzene rings is 4. The SMILES string of the molecule is CSc1cccc(NC(=O)NC2CCC(Oc3ccc(Oc4ccc(CC(=O)Nc5ccccc5C(=O)O)cc4)cc3)CC2)c1. The van der Waals surface area contributed by atoms with Gasteiger partial charge in [-0.2, -0.15) is 0 Å². The van der Waals surface area contributed by atoms with Crippen LogP contribution in [0, 0.1) is 0 Å². The van der Waals surface area contributed by atoms with E-state index >= 15 is 0 Å². The lowest BCUT2D eigenvalue weighted by atomic mass is 9.93. The van der Waals surface area contributed by atoms with Gasteiger partial charge in [-0.1, -0.05) is 30.3 Å². The lowest BCUT2D eigenvalue weighted by Gasteiger charge is -2.29. The van der Waals surface area contributed by atoms with Crippen molar-refractivity contribution >= 4 is 41.0 Å². The van der Waals surface area contributed by atoms with Crippen LogP contribution >= 0.6 is 11.8 Å². The number of ether oxygens (including phenoxy) is 2. The second-order valence-corrected chi connectivity index (χ2v) is 11.6. The molecule has 1 aliphatic rings. The van der Waals surface area contributed by atoms with Crippen molar-refractivity contribution in [2.24, 2.45) is 0 Å². The number of nitrogens with one attached hydrogen (secondary N) is 3. The lowest BCUT2D eigenvalue weighted by Crippen LogP contribution is -2.41. The fourth-order valence-corrected chi connectivity index (χ4v) is 5.59. The Kier molecular flexibility index (Phi) is 10.6. The molecule has 0 radical (unpaired) electrons. The monoisotopic (exact) mass is 625 g/mol. The van der Waals surface area contributed by atoms with Crippen molar-refractivity contribution in [1.82, 2.24) is 5.32 Å². The Morgan fingerprint density at radius 3 is 2.16 bits per heavy atom. The van der Waals surface area contributed by atoms with Crippen LogP contribution in [0.15, 0.2) is 102 Å². The molecular weight excluding hydrogens is 590 g/mol. The first-order chi connectivity index (χ1) is 21.8. The number of rotatable bonds is 11. The molecule has 3 amide bonds. The summed E-state index contributed by atoms with van der Waals surface area (Å²) >= 11 is 1.63. The van der Waals surface area contributed by atoms with Crippen LogP contribution in [0.2, 0.25) is 0 Å². The summed E-state index contributed by atoms with van der Waals surface area (Å²) in [6, 6.07) is 28.6. The molecule has 232 valence electrons. The van der Waals surface area contributed by atoms with E-state index < -0.39 is 5.97 Å². The van der Waals surface area contributed by atoms with Crippen molar-refractivity contribution < 1.29 is 29.0 Å². The number of carbonyl (C=O) groups is 3. The Bertz CT molecular complexity index is 1620. The number of urea groups is 1. The predicted octanol–water partition coefficient (Wildman–Crippen LogP) is 7.59. The molecule has 45 heavy (non-hydrogen) atoms. The topological polar surface area (TPSA) is 126 Å². The second kappa shape index (κ2) is 15.2. The number of anilines is 2. The maximum atomic E-state index is 12.5. The fraction of sp³-hybridized carbons (Fsp3) is 0.229. The predicted molar refractivity (Wildman–Crippen MR) is 176 cm³/mol. The van der Waals surface area contributed by atoms with E-state index in [9.17, 15) is 19.5 Å². The summed E-state index contributed by atoms with van der Waals surface area (Å²) in [5, 5.41) is 18.0. The molecule has 0 saturated heterocycles. The van der Waals surface area contributed by atoms with Gasteiger partial charge in [-0.15, -0.1) is 11.8 Å². The van der Waals surface area contributed by atoms with Crippen LogP contribution in [-0.2, 0) is 11.2 Å². The van der Waals surface area contributed by atoms with Crippen LogP contribution in [0.5, 0.6) is 17.2 Å². The summed E-state index contributed by atoms with van der Waals surface area (Å²) in [5.41, 5.74) is 1.85. The van der Waals surface area contributed by atoms with Crippen LogP contribution in [0.3, 0.4) is 0 Å². The summed E-state index contributed by atoms with van der Waals surface area (Å²) in [7, 11) is 0. The zero-order valence-electron chi connectivity index (χ0n) is 24.8. The number of hydrogen-bond acceptors (Lipinski definition) is 6. The van der Waals surface area contributed by atoms with E-state index in [0.717, 1.165) is 47.6 Å². The number of thioether (sulfide) groups is 1. The molecule has 1 saturated carbocycles. The highest BCUT2D eigenvalue weighted by Gasteiger charge is 2.24. The molecular formula is C35H35N3O6S. The summed E-state index contributed by atoms with van der Waals surface area (Å²) in [4.78, 5) is 37.4. The van der Waals surface area contributed by atoms with Crippen LogP contribution in [-0.4, -0.2) is 41.4 Å². The molecule has 0 heterocycles.